The van der Waals surface area contributed by atoms with Crippen molar-refractivity contribution in [1.29, 1.82) is 0 Å². The van der Waals surface area contributed by atoms with E-state index < -0.39 is 6.10 Å². The maximum Gasteiger partial charge on any atom is 0.161 e. The molecule has 0 aromatic heterocycles. The van der Waals surface area contributed by atoms with Crippen LogP contribution in [-0.4, -0.2) is 80.2 Å². The summed E-state index contributed by atoms with van der Waals surface area (Å²) in [5.74, 6) is 3.62. The lowest BCUT2D eigenvalue weighted by Crippen LogP contribution is -2.40. The number of nitrogens with zero attached hydrogens (tertiary/aromatic N) is 1. The van der Waals surface area contributed by atoms with Gasteiger partial charge in [-0.3, -0.25) is 4.90 Å². The van der Waals surface area contributed by atoms with Gasteiger partial charge in [0.15, 0.2) is 11.5 Å². The molecular weight excluding hydrogens is 364 g/mol. The van der Waals surface area contributed by atoms with Crippen molar-refractivity contribution in [2.75, 3.05) is 58.5 Å². The number of ether oxygens (including phenoxy) is 3. The van der Waals surface area contributed by atoms with Gasteiger partial charge in [-0.25, -0.2) is 0 Å². The van der Waals surface area contributed by atoms with E-state index in [-0.39, 0.29) is 12.2 Å². The third kappa shape index (κ3) is 7.87. The maximum absolute atomic E-state index is 10.3. The van der Waals surface area contributed by atoms with E-state index in [1.807, 2.05) is 43.8 Å². The Morgan fingerprint density at radius 3 is 2.63 bits per heavy atom. The summed E-state index contributed by atoms with van der Waals surface area (Å²) in [7, 11) is 3.35. The second kappa shape index (κ2) is 11.1. The first kappa shape index (κ1) is 22.3. The van der Waals surface area contributed by atoms with Gasteiger partial charge in [0.1, 0.15) is 12.7 Å². The molecule has 2 N–H and O–H groups in total. The molecular formula is C20H34N2O4S. The number of aliphatic hydroxyl groups is 1. The second-order valence-electron chi connectivity index (χ2n) is 7.43. The van der Waals surface area contributed by atoms with Crippen molar-refractivity contribution >= 4 is 11.8 Å². The lowest BCUT2D eigenvalue weighted by Gasteiger charge is -2.28. The van der Waals surface area contributed by atoms with E-state index in [1.165, 1.54) is 0 Å². The van der Waals surface area contributed by atoms with Gasteiger partial charge in [-0.2, -0.15) is 11.8 Å². The molecule has 1 aromatic rings. The standard InChI is InChI=1S/C20H34N2O4S/c1-20(2,25-4)15-21-12-16-5-6-18(19(11-16)24-3)26-14-17(23)13-22-7-9-27-10-8-22/h5-6,11,17,21,23H,7-10,12-15H2,1-4H3. The van der Waals surface area contributed by atoms with E-state index in [2.05, 4.69) is 10.2 Å². The molecule has 1 unspecified atom stereocenters. The van der Waals surface area contributed by atoms with Gasteiger partial charge >= 0.3 is 0 Å². The summed E-state index contributed by atoms with van der Waals surface area (Å²) < 4.78 is 16.7. The fourth-order valence-electron chi connectivity index (χ4n) is 2.84. The van der Waals surface area contributed by atoms with Gasteiger partial charge in [0.25, 0.3) is 0 Å². The Labute approximate surface area is 167 Å². The van der Waals surface area contributed by atoms with Crippen molar-refractivity contribution in [3.05, 3.63) is 23.8 Å². The predicted octanol–water partition coefficient (Wildman–Crippen LogP) is 2.00. The van der Waals surface area contributed by atoms with Crippen LogP contribution in [0.15, 0.2) is 18.2 Å². The number of hydrogen-bond acceptors (Lipinski definition) is 7. The number of thioether (sulfide) groups is 1. The first-order valence-electron chi connectivity index (χ1n) is 9.47. The molecule has 2 rings (SSSR count). The Hall–Kier alpha value is -0.990. The topological polar surface area (TPSA) is 63.2 Å². The van der Waals surface area contributed by atoms with Gasteiger partial charge in [-0.05, 0) is 31.5 Å². The molecule has 7 heteroatoms. The molecule has 0 aliphatic carbocycles. The summed E-state index contributed by atoms with van der Waals surface area (Å²) in [4.78, 5) is 2.29. The lowest BCUT2D eigenvalue weighted by molar-refractivity contribution is 0.0230. The molecule has 0 radical (unpaired) electrons. The fraction of sp³-hybridized carbons (Fsp3) is 0.700. The molecule has 1 saturated heterocycles. The van der Waals surface area contributed by atoms with E-state index in [0.29, 0.717) is 18.0 Å². The smallest absolute Gasteiger partial charge is 0.161 e. The van der Waals surface area contributed by atoms with Gasteiger partial charge in [-0.1, -0.05) is 6.07 Å². The molecule has 0 bridgehead atoms. The summed E-state index contributed by atoms with van der Waals surface area (Å²) in [6.07, 6.45) is -0.504. The summed E-state index contributed by atoms with van der Waals surface area (Å²) >= 11 is 1.97. The predicted molar refractivity (Wildman–Crippen MR) is 111 cm³/mol. The molecule has 154 valence electrons. The highest BCUT2D eigenvalue weighted by Gasteiger charge is 2.17. The van der Waals surface area contributed by atoms with Crippen LogP contribution in [0, 0.1) is 0 Å². The minimum Gasteiger partial charge on any atom is -0.493 e. The quantitative estimate of drug-likeness (QED) is 0.591. The molecule has 1 fully saturated rings. The van der Waals surface area contributed by atoms with Crippen molar-refractivity contribution < 1.29 is 19.3 Å². The van der Waals surface area contributed by atoms with Gasteiger partial charge < -0.3 is 24.6 Å². The van der Waals surface area contributed by atoms with E-state index in [1.54, 1.807) is 14.2 Å². The summed E-state index contributed by atoms with van der Waals surface area (Å²) in [6, 6.07) is 5.89. The van der Waals surface area contributed by atoms with Crippen molar-refractivity contribution in [3.8, 4) is 11.5 Å². The molecule has 27 heavy (non-hydrogen) atoms. The number of β-amino-alcohol motifs (C(OH)–C–C–N with tert-alkyl or cyclic N) is 1. The molecule has 0 amide bonds. The zero-order valence-corrected chi connectivity index (χ0v) is 17.8. The molecule has 6 nitrogen and oxygen atoms in total. The van der Waals surface area contributed by atoms with Crippen LogP contribution in [0.3, 0.4) is 0 Å². The van der Waals surface area contributed by atoms with Gasteiger partial charge in [0, 0.05) is 51.3 Å². The van der Waals surface area contributed by atoms with E-state index >= 15 is 0 Å². The number of benzene rings is 1. The van der Waals surface area contributed by atoms with Gasteiger partial charge in [0.2, 0.25) is 0 Å². The highest BCUT2D eigenvalue weighted by molar-refractivity contribution is 7.99. The summed E-state index contributed by atoms with van der Waals surface area (Å²) in [5.41, 5.74) is 0.911. The normalized spacial score (nSPS) is 16.9. The van der Waals surface area contributed by atoms with Crippen molar-refractivity contribution in [2.45, 2.75) is 32.1 Å². The Kier molecular flexibility index (Phi) is 9.18. The van der Waals surface area contributed by atoms with Crippen LogP contribution in [0.4, 0.5) is 0 Å². The maximum atomic E-state index is 10.3. The monoisotopic (exact) mass is 398 g/mol. The van der Waals surface area contributed by atoms with Crippen LogP contribution in [0.1, 0.15) is 19.4 Å². The van der Waals surface area contributed by atoms with E-state index in [0.717, 1.165) is 43.2 Å². The Morgan fingerprint density at radius 1 is 1.22 bits per heavy atom. The highest BCUT2D eigenvalue weighted by atomic mass is 32.2. The van der Waals surface area contributed by atoms with Crippen LogP contribution in [0.5, 0.6) is 11.5 Å². The SMILES string of the molecule is COc1cc(CNCC(C)(C)OC)ccc1OCC(O)CN1CCSCC1. The van der Waals surface area contributed by atoms with E-state index in [4.69, 9.17) is 14.2 Å². The molecule has 1 aliphatic rings. The molecule has 1 aliphatic heterocycles. The second-order valence-corrected chi connectivity index (χ2v) is 8.66. The lowest BCUT2D eigenvalue weighted by atomic mass is 10.1. The molecule has 1 aromatic carbocycles. The first-order valence-corrected chi connectivity index (χ1v) is 10.6. The number of methoxy groups -OCH3 is 2. The first-order chi connectivity index (χ1) is 12.9. The zero-order valence-electron chi connectivity index (χ0n) is 17.0. The average molecular weight is 399 g/mol. The van der Waals surface area contributed by atoms with Crippen LogP contribution >= 0.6 is 11.8 Å². The Morgan fingerprint density at radius 2 is 1.96 bits per heavy atom. The molecule has 1 atom stereocenters. The largest absolute Gasteiger partial charge is 0.493 e. The molecule has 1 heterocycles. The van der Waals surface area contributed by atoms with Crippen LogP contribution in [0.25, 0.3) is 0 Å². The fourth-order valence-corrected chi connectivity index (χ4v) is 3.82. The van der Waals surface area contributed by atoms with Crippen molar-refractivity contribution in [2.24, 2.45) is 0 Å². The van der Waals surface area contributed by atoms with Gasteiger partial charge in [0.05, 0.1) is 12.7 Å². The highest BCUT2D eigenvalue weighted by Crippen LogP contribution is 2.28. The van der Waals surface area contributed by atoms with Gasteiger partial charge in [-0.15, -0.1) is 0 Å². The van der Waals surface area contributed by atoms with Crippen LogP contribution in [0.2, 0.25) is 0 Å². The molecule has 0 spiro atoms. The number of aliphatic hydroxyl groups excluding tert-OH is 1. The third-order valence-electron chi connectivity index (χ3n) is 4.66. The van der Waals surface area contributed by atoms with E-state index in [9.17, 15) is 5.11 Å². The Bertz CT molecular complexity index is 565. The number of hydrogen-bond donors (Lipinski definition) is 2. The van der Waals surface area contributed by atoms with Crippen molar-refractivity contribution in [3.63, 3.8) is 0 Å². The third-order valence-corrected chi connectivity index (χ3v) is 5.61. The minimum atomic E-state index is -0.504. The summed E-state index contributed by atoms with van der Waals surface area (Å²) in [6.45, 7) is 8.56. The molecule has 0 saturated carbocycles. The van der Waals surface area contributed by atoms with Crippen LogP contribution < -0.4 is 14.8 Å². The number of nitrogens with one attached hydrogen (secondary N) is 1. The minimum absolute atomic E-state index is 0.198. The summed E-state index contributed by atoms with van der Waals surface area (Å²) in [5, 5.41) is 13.7. The zero-order chi connectivity index (χ0) is 19.7. The number of rotatable bonds is 11. The van der Waals surface area contributed by atoms with Crippen LogP contribution in [-0.2, 0) is 11.3 Å². The average Bonchev–Trinajstić information content (AvgIpc) is 2.67. The Balaban J connectivity index is 1.82. The van der Waals surface area contributed by atoms with Crippen molar-refractivity contribution in [1.82, 2.24) is 10.2 Å².